The number of hydrogen-bond acceptors (Lipinski definition) is 4. The van der Waals surface area contributed by atoms with Crippen LogP contribution in [0.5, 0.6) is 5.75 Å². The van der Waals surface area contributed by atoms with Crippen molar-refractivity contribution in [1.29, 1.82) is 0 Å². The quantitative estimate of drug-likeness (QED) is 0.256. The number of nitrogens with zero attached hydrogens (tertiary/aromatic N) is 1. The number of hydrogen-bond donors (Lipinski definition) is 1. The van der Waals surface area contributed by atoms with E-state index in [1.807, 2.05) is 55.5 Å². The second-order valence-corrected chi connectivity index (χ2v) is 10.3. The molecular weight excluding hydrogens is 507 g/mol. The lowest BCUT2D eigenvalue weighted by molar-refractivity contribution is -0.135. The molecule has 0 spiro atoms. The molecule has 0 fully saturated rings. The van der Waals surface area contributed by atoms with E-state index >= 15 is 0 Å². The Morgan fingerprint density at radius 3 is 2.34 bits per heavy atom. The molecular formula is C27H25Cl3N2O3. The van der Waals surface area contributed by atoms with E-state index in [4.69, 9.17) is 44.1 Å². The zero-order valence-electron chi connectivity index (χ0n) is 19.5. The van der Waals surface area contributed by atoms with E-state index in [1.54, 1.807) is 32.0 Å². The molecule has 8 heteroatoms. The van der Waals surface area contributed by atoms with E-state index in [1.165, 1.54) is 0 Å². The highest BCUT2D eigenvalue weighted by Gasteiger charge is 2.34. The summed E-state index contributed by atoms with van der Waals surface area (Å²) in [5.41, 5.74) is 1.36. The van der Waals surface area contributed by atoms with Crippen molar-refractivity contribution in [2.24, 2.45) is 0 Å². The molecule has 2 unspecified atom stereocenters. The number of fused-ring (bicyclic) bond motifs is 1. The van der Waals surface area contributed by atoms with Crippen LogP contribution in [0.25, 0.3) is 11.0 Å². The van der Waals surface area contributed by atoms with Crippen LogP contribution in [0.2, 0.25) is 15.1 Å². The minimum Gasteiger partial charge on any atom is -0.478 e. The zero-order valence-corrected chi connectivity index (χ0v) is 21.8. The molecule has 35 heavy (non-hydrogen) atoms. The molecule has 3 aromatic carbocycles. The molecule has 4 aromatic rings. The number of nitrogens with one attached hydrogen (secondary N) is 1. The first-order valence-electron chi connectivity index (χ1n) is 11.2. The van der Waals surface area contributed by atoms with Crippen LogP contribution >= 0.6 is 34.8 Å². The number of rotatable bonds is 8. The summed E-state index contributed by atoms with van der Waals surface area (Å²) in [6, 6.07) is 19.9. The van der Waals surface area contributed by atoms with Crippen LogP contribution in [-0.4, -0.2) is 22.7 Å². The van der Waals surface area contributed by atoms with Gasteiger partial charge in [0.05, 0.1) is 5.69 Å². The fraction of sp³-hybridized carbons (Fsp3) is 0.259. The van der Waals surface area contributed by atoms with Crippen LogP contribution in [0.15, 0.2) is 71.3 Å². The van der Waals surface area contributed by atoms with Crippen LogP contribution in [0.1, 0.15) is 37.9 Å². The average Bonchev–Trinajstić information content (AvgIpc) is 3.21. The highest BCUT2D eigenvalue weighted by molar-refractivity contribution is 6.34. The summed E-state index contributed by atoms with van der Waals surface area (Å²) in [6.07, 6.45) is 0.625. The van der Waals surface area contributed by atoms with Gasteiger partial charge in [-0.05, 0) is 75.2 Å². The predicted octanol–water partition coefficient (Wildman–Crippen LogP) is 7.48. The number of aromatic nitrogens is 1. The molecule has 0 radical (unpaired) electrons. The minimum absolute atomic E-state index is 0.166. The van der Waals surface area contributed by atoms with Gasteiger partial charge < -0.3 is 14.6 Å². The highest BCUT2D eigenvalue weighted by atomic mass is 35.5. The van der Waals surface area contributed by atoms with Crippen LogP contribution in [0, 0.1) is 0 Å². The van der Waals surface area contributed by atoms with Gasteiger partial charge in [0, 0.05) is 32.4 Å². The van der Waals surface area contributed by atoms with Crippen LogP contribution < -0.4 is 10.1 Å². The summed E-state index contributed by atoms with van der Waals surface area (Å²) < 4.78 is 11.5. The van der Waals surface area contributed by atoms with Gasteiger partial charge in [0.15, 0.2) is 11.2 Å². The number of para-hydroxylation sites is 1. The lowest BCUT2D eigenvalue weighted by Crippen LogP contribution is -2.51. The molecule has 0 aliphatic carbocycles. The monoisotopic (exact) mass is 530 g/mol. The van der Waals surface area contributed by atoms with Crippen molar-refractivity contribution in [1.82, 2.24) is 10.5 Å². The summed E-state index contributed by atoms with van der Waals surface area (Å²) in [5.74, 6) is -0.0364. The molecule has 1 N–H and O–H groups in total. The fourth-order valence-corrected chi connectivity index (χ4v) is 4.60. The zero-order chi connectivity index (χ0) is 25.2. The Morgan fingerprint density at radius 2 is 1.66 bits per heavy atom. The number of carbonyl (C=O) groups excluding carboxylic acids is 1. The summed E-state index contributed by atoms with van der Waals surface area (Å²) in [5, 5.41) is 9.93. The summed E-state index contributed by atoms with van der Waals surface area (Å²) in [6.45, 7) is 5.35. The number of ether oxygens (including phenoxy) is 1. The van der Waals surface area contributed by atoms with Gasteiger partial charge >= 0.3 is 0 Å². The van der Waals surface area contributed by atoms with E-state index in [9.17, 15) is 4.79 Å². The molecule has 0 saturated heterocycles. The van der Waals surface area contributed by atoms with Crippen LogP contribution in [0.4, 0.5) is 0 Å². The van der Waals surface area contributed by atoms with Gasteiger partial charge in [-0.25, -0.2) is 0 Å². The summed E-state index contributed by atoms with van der Waals surface area (Å²) in [7, 11) is 0. The van der Waals surface area contributed by atoms with Gasteiger partial charge in [0.2, 0.25) is 0 Å². The first-order valence-corrected chi connectivity index (χ1v) is 12.3. The van der Waals surface area contributed by atoms with Crippen molar-refractivity contribution in [3.05, 3.63) is 93.1 Å². The third kappa shape index (κ3) is 6.10. The van der Waals surface area contributed by atoms with E-state index in [0.29, 0.717) is 32.8 Å². The Labute approximate surface area is 219 Å². The molecule has 1 amide bonds. The molecule has 182 valence electrons. The lowest BCUT2D eigenvalue weighted by atomic mass is 9.88. The molecule has 4 rings (SSSR count). The molecule has 5 nitrogen and oxygen atoms in total. The van der Waals surface area contributed by atoms with Gasteiger partial charge in [-0.1, -0.05) is 64.2 Å². The maximum Gasteiger partial charge on any atom is 0.263 e. The Kier molecular flexibility index (Phi) is 7.60. The molecule has 0 bridgehead atoms. The first-order chi connectivity index (χ1) is 16.6. The van der Waals surface area contributed by atoms with Crippen molar-refractivity contribution in [2.75, 3.05) is 0 Å². The third-order valence-corrected chi connectivity index (χ3v) is 6.53. The Hall–Kier alpha value is -2.73. The van der Waals surface area contributed by atoms with Crippen molar-refractivity contribution in [3.8, 4) is 5.75 Å². The predicted molar refractivity (Wildman–Crippen MR) is 141 cm³/mol. The number of halogens is 3. The molecule has 0 aliphatic rings. The fourth-order valence-electron chi connectivity index (χ4n) is 3.97. The molecule has 1 heterocycles. The average molecular weight is 532 g/mol. The van der Waals surface area contributed by atoms with Crippen LogP contribution in [-0.2, 0) is 11.2 Å². The maximum absolute atomic E-state index is 13.3. The largest absolute Gasteiger partial charge is 0.478 e. The molecule has 1 aromatic heterocycles. The second kappa shape index (κ2) is 10.5. The van der Waals surface area contributed by atoms with Crippen LogP contribution in [0.3, 0.4) is 0 Å². The third-order valence-electron chi connectivity index (χ3n) is 5.84. The van der Waals surface area contributed by atoms with E-state index in [-0.39, 0.29) is 17.9 Å². The van der Waals surface area contributed by atoms with E-state index < -0.39 is 5.60 Å². The molecule has 2 atom stereocenters. The van der Waals surface area contributed by atoms with Crippen molar-refractivity contribution in [2.45, 2.75) is 44.8 Å². The SMILES string of the molecule is CC(NC(=O)C(C)(C)Oc1cc(Cl)cc(Cl)c1)C(Cc1ccc(Cl)cc1)c1noc2ccccc12. The summed E-state index contributed by atoms with van der Waals surface area (Å²) >= 11 is 18.3. The minimum atomic E-state index is -1.18. The molecule has 0 aliphatic heterocycles. The van der Waals surface area contributed by atoms with Crippen molar-refractivity contribution < 1.29 is 14.1 Å². The maximum atomic E-state index is 13.3. The normalized spacial score (nSPS) is 13.4. The van der Waals surface area contributed by atoms with Crippen molar-refractivity contribution in [3.63, 3.8) is 0 Å². The van der Waals surface area contributed by atoms with Gasteiger partial charge in [0.25, 0.3) is 5.91 Å². The van der Waals surface area contributed by atoms with Gasteiger partial charge in [-0.3, -0.25) is 4.79 Å². The van der Waals surface area contributed by atoms with Gasteiger partial charge in [0.1, 0.15) is 5.75 Å². The number of benzene rings is 3. The number of carbonyl (C=O) groups is 1. The summed E-state index contributed by atoms with van der Waals surface area (Å²) in [4.78, 5) is 13.3. The first kappa shape index (κ1) is 25.4. The van der Waals surface area contributed by atoms with Crippen molar-refractivity contribution >= 4 is 51.7 Å². The lowest BCUT2D eigenvalue weighted by Gasteiger charge is -2.30. The van der Waals surface area contributed by atoms with E-state index in [0.717, 1.165) is 16.6 Å². The second-order valence-electron chi connectivity index (χ2n) is 8.98. The highest BCUT2D eigenvalue weighted by Crippen LogP contribution is 2.32. The Morgan fingerprint density at radius 1 is 1.00 bits per heavy atom. The molecule has 0 saturated carbocycles. The topological polar surface area (TPSA) is 64.4 Å². The smallest absolute Gasteiger partial charge is 0.263 e. The van der Waals surface area contributed by atoms with Gasteiger partial charge in [-0.15, -0.1) is 0 Å². The Balaban J connectivity index is 1.59. The standard InChI is InChI=1S/C27H25Cl3N2O3/c1-16(31-26(33)27(2,3)34-21-14-19(29)13-20(30)15-21)23(12-17-8-10-18(28)11-9-17)25-22-6-4-5-7-24(22)35-32-25/h4-11,13-16,23H,12H2,1-3H3,(H,31,33). The Bertz CT molecular complexity index is 1320. The number of amides is 1. The van der Waals surface area contributed by atoms with Gasteiger partial charge in [-0.2, -0.15) is 0 Å². The van der Waals surface area contributed by atoms with E-state index in [2.05, 4.69) is 10.5 Å².